The molecule has 1 aromatic heterocycles. The molecule has 26 heavy (non-hydrogen) atoms. The van der Waals surface area contributed by atoms with Crippen LogP contribution in [-0.4, -0.2) is 31.6 Å². The molecule has 1 saturated heterocycles. The van der Waals surface area contributed by atoms with Gasteiger partial charge in [-0.2, -0.15) is 0 Å². The van der Waals surface area contributed by atoms with Gasteiger partial charge in [0.1, 0.15) is 5.75 Å². The number of likely N-dealkylation sites (tertiary alicyclic amines) is 1. The number of ether oxygens (including phenoxy) is 2. The van der Waals surface area contributed by atoms with Crippen LogP contribution in [-0.2, 0) is 0 Å². The van der Waals surface area contributed by atoms with Crippen LogP contribution in [0, 0.1) is 0 Å². The second kappa shape index (κ2) is 6.75. The highest BCUT2D eigenvalue weighted by Gasteiger charge is 2.32. The first-order valence-corrected chi connectivity index (χ1v) is 8.72. The number of benzene rings is 2. The van der Waals surface area contributed by atoms with Gasteiger partial charge in [-0.3, -0.25) is 4.79 Å². The fourth-order valence-electron chi connectivity index (χ4n) is 3.65. The lowest BCUT2D eigenvalue weighted by Gasteiger charge is -2.24. The normalized spacial score (nSPS) is 16.8. The molecule has 0 saturated carbocycles. The second-order valence-corrected chi connectivity index (χ2v) is 6.42. The molecule has 1 atom stereocenters. The van der Waals surface area contributed by atoms with E-state index in [9.17, 15) is 4.79 Å². The highest BCUT2D eigenvalue weighted by atomic mass is 16.5. The number of furan rings is 1. The van der Waals surface area contributed by atoms with E-state index in [-0.39, 0.29) is 11.9 Å². The van der Waals surface area contributed by atoms with E-state index in [1.165, 1.54) is 0 Å². The Kier molecular flexibility index (Phi) is 4.29. The SMILES string of the molecule is COc1cccc(C2CCCN2C(=O)c2cc3cccc(OC)c3o2)c1. The van der Waals surface area contributed by atoms with E-state index in [1.54, 1.807) is 20.3 Å². The molecule has 0 aliphatic carbocycles. The van der Waals surface area contributed by atoms with Crippen molar-refractivity contribution in [3.8, 4) is 11.5 Å². The van der Waals surface area contributed by atoms with Crippen LogP contribution in [0.5, 0.6) is 11.5 Å². The summed E-state index contributed by atoms with van der Waals surface area (Å²) in [6.07, 6.45) is 1.90. The number of para-hydroxylation sites is 1. The Morgan fingerprint density at radius 1 is 1.12 bits per heavy atom. The summed E-state index contributed by atoms with van der Waals surface area (Å²) in [5, 5.41) is 0.866. The summed E-state index contributed by atoms with van der Waals surface area (Å²) in [6, 6.07) is 15.4. The van der Waals surface area contributed by atoms with Crippen molar-refractivity contribution in [3.05, 3.63) is 59.9 Å². The predicted octanol–water partition coefficient (Wildman–Crippen LogP) is 4.43. The lowest BCUT2D eigenvalue weighted by atomic mass is 10.0. The number of carbonyl (C=O) groups is 1. The fraction of sp³-hybridized carbons (Fsp3) is 0.286. The van der Waals surface area contributed by atoms with Crippen molar-refractivity contribution in [1.82, 2.24) is 4.90 Å². The molecule has 1 amide bonds. The summed E-state index contributed by atoms with van der Waals surface area (Å²) in [6.45, 7) is 0.717. The zero-order chi connectivity index (χ0) is 18.1. The lowest BCUT2D eigenvalue weighted by molar-refractivity contribution is 0.0705. The highest BCUT2D eigenvalue weighted by Crippen LogP contribution is 2.36. The Labute approximate surface area is 152 Å². The highest BCUT2D eigenvalue weighted by molar-refractivity contribution is 5.97. The van der Waals surface area contributed by atoms with E-state index in [0.29, 0.717) is 17.1 Å². The summed E-state index contributed by atoms with van der Waals surface area (Å²) in [4.78, 5) is 15.0. The monoisotopic (exact) mass is 351 g/mol. The van der Waals surface area contributed by atoms with Gasteiger partial charge >= 0.3 is 0 Å². The van der Waals surface area contributed by atoms with Crippen LogP contribution >= 0.6 is 0 Å². The van der Waals surface area contributed by atoms with Crippen molar-refractivity contribution in [2.75, 3.05) is 20.8 Å². The van der Waals surface area contributed by atoms with Crippen LogP contribution in [0.3, 0.4) is 0 Å². The van der Waals surface area contributed by atoms with Crippen LogP contribution < -0.4 is 9.47 Å². The molecular weight excluding hydrogens is 330 g/mol. The minimum atomic E-state index is -0.0893. The molecule has 2 aromatic carbocycles. The maximum Gasteiger partial charge on any atom is 0.290 e. The molecule has 1 aliphatic rings. The summed E-state index contributed by atoms with van der Waals surface area (Å²) >= 11 is 0. The number of carbonyl (C=O) groups excluding carboxylic acids is 1. The molecule has 134 valence electrons. The molecule has 0 N–H and O–H groups in total. The van der Waals surface area contributed by atoms with Gasteiger partial charge in [-0.05, 0) is 42.7 Å². The third-order valence-corrected chi connectivity index (χ3v) is 4.93. The van der Waals surface area contributed by atoms with Crippen molar-refractivity contribution < 1.29 is 18.7 Å². The molecule has 1 unspecified atom stereocenters. The van der Waals surface area contributed by atoms with Gasteiger partial charge in [0.15, 0.2) is 17.1 Å². The first kappa shape index (κ1) is 16.5. The number of amides is 1. The Morgan fingerprint density at radius 3 is 2.77 bits per heavy atom. The number of fused-ring (bicyclic) bond motifs is 1. The van der Waals surface area contributed by atoms with Crippen LogP contribution in [0.2, 0.25) is 0 Å². The number of hydrogen-bond acceptors (Lipinski definition) is 4. The number of methoxy groups -OCH3 is 2. The van der Waals surface area contributed by atoms with Crippen LogP contribution in [0.25, 0.3) is 11.0 Å². The molecule has 4 rings (SSSR count). The van der Waals surface area contributed by atoms with E-state index in [0.717, 1.165) is 36.1 Å². The Morgan fingerprint density at radius 2 is 1.96 bits per heavy atom. The quantitative estimate of drug-likeness (QED) is 0.698. The average molecular weight is 351 g/mol. The molecule has 5 nitrogen and oxygen atoms in total. The maximum absolute atomic E-state index is 13.1. The van der Waals surface area contributed by atoms with Gasteiger partial charge in [0.05, 0.1) is 20.3 Å². The molecule has 2 heterocycles. The van der Waals surface area contributed by atoms with Crippen molar-refractivity contribution in [2.45, 2.75) is 18.9 Å². The van der Waals surface area contributed by atoms with E-state index in [4.69, 9.17) is 13.9 Å². The van der Waals surface area contributed by atoms with Crippen LogP contribution in [0.1, 0.15) is 35.0 Å². The Hall–Kier alpha value is -2.95. The molecule has 0 radical (unpaired) electrons. The van der Waals surface area contributed by atoms with Gasteiger partial charge < -0.3 is 18.8 Å². The molecule has 5 heteroatoms. The standard InChI is InChI=1S/C21H21NO4/c1-24-16-8-3-6-14(12-16)17-9-5-11-22(17)21(23)19-13-15-7-4-10-18(25-2)20(15)26-19/h3-4,6-8,10,12-13,17H,5,9,11H2,1-2H3. The van der Waals surface area contributed by atoms with Gasteiger partial charge in [0.25, 0.3) is 5.91 Å². The molecule has 1 aliphatic heterocycles. The molecule has 1 fully saturated rings. The van der Waals surface area contributed by atoms with E-state index < -0.39 is 0 Å². The minimum Gasteiger partial charge on any atom is -0.497 e. The zero-order valence-corrected chi connectivity index (χ0v) is 14.9. The van der Waals surface area contributed by atoms with Gasteiger partial charge in [0.2, 0.25) is 0 Å². The van der Waals surface area contributed by atoms with Crippen molar-refractivity contribution in [3.63, 3.8) is 0 Å². The largest absolute Gasteiger partial charge is 0.497 e. The smallest absolute Gasteiger partial charge is 0.290 e. The fourth-order valence-corrected chi connectivity index (χ4v) is 3.65. The van der Waals surface area contributed by atoms with E-state index in [1.807, 2.05) is 47.4 Å². The van der Waals surface area contributed by atoms with Gasteiger partial charge in [0, 0.05) is 11.9 Å². The zero-order valence-electron chi connectivity index (χ0n) is 14.9. The Balaban J connectivity index is 1.66. The summed E-state index contributed by atoms with van der Waals surface area (Å²) < 4.78 is 16.5. The summed E-state index contributed by atoms with van der Waals surface area (Å²) in [5.41, 5.74) is 1.69. The maximum atomic E-state index is 13.1. The molecule has 3 aromatic rings. The first-order chi connectivity index (χ1) is 12.7. The van der Waals surface area contributed by atoms with E-state index >= 15 is 0 Å². The molecular formula is C21H21NO4. The first-order valence-electron chi connectivity index (χ1n) is 8.72. The minimum absolute atomic E-state index is 0.0349. The van der Waals surface area contributed by atoms with Crippen LogP contribution in [0.15, 0.2) is 52.9 Å². The third kappa shape index (κ3) is 2.79. The molecule has 0 spiro atoms. The second-order valence-electron chi connectivity index (χ2n) is 6.42. The number of hydrogen-bond donors (Lipinski definition) is 0. The van der Waals surface area contributed by atoms with Crippen molar-refractivity contribution in [2.24, 2.45) is 0 Å². The average Bonchev–Trinajstić information content (AvgIpc) is 3.34. The van der Waals surface area contributed by atoms with Crippen LogP contribution in [0.4, 0.5) is 0 Å². The van der Waals surface area contributed by atoms with E-state index in [2.05, 4.69) is 0 Å². The topological polar surface area (TPSA) is 51.9 Å². The summed E-state index contributed by atoms with van der Waals surface area (Å²) in [5.74, 6) is 1.69. The van der Waals surface area contributed by atoms with Crippen molar-refractivity contribution >= 4 is 16.9 Å². The number of rotatable bonds is 4. The molecule has 0 bridgehead atoms. The lowest BCUT2D eigenvalue weighted by Crippen LogP contribution is -2.30. The Bertz CT molecular complexity index is 946. The van der Waals surface area contributed by atoms with Gasteiger partial charge in [-0.25, -0.2) is 0 Å². The summed E-state index contributed by atoms with van der Waals surface area (Å²) in [7, 11) is 3.25. The van der Waals surface area contributed by atoms with Crippen molar-refractivity contribution in [1.29, 1.82) is 0 Å². The third-order valence-electron chi connectivity index (χ3n) is 4.93. The van der Waals surface area contributed by atoms with Gasteiger partial charge in [-0.1, -0.05) is 24.3 Å². The van der Waals surface area contributed by atoms with Gasteiger partial charge in [-0.15, -0.1) is 0 Å². The predicted molar refractivity (Wildman–Crippen MR) is 98.8 cm³/mol. The number of nitrogens with zero attached hydrogens (tertiary/aromatic N) is 1.